The van der Waals surface area contributed by atoms with Crippen molar-refractivity contribution in [2.75, 3.05) is 19.6 Å². The number of amides is 2. The van der Waals surface area contributed by atoms with Crippen LogP contribution in [0, 0.1) is 11.3 Å². The maximum atomic E-state index is 12.8. The van der Waals surface area contributed by atoms with Gasteiger partial charge in [0.25, 0.3) is 0 Å². The summed E-state index contributed by atoms with van der Waals surface area (Å²) in [5.41, 5.74) is 6.44. The molecule has 1 aromatic carbocycles. The van der Waals surface area contributed by atoms with Crippen LogP contribution in [-0.4, -0.2) is 59.4 Å². The number of rotatable bonds is 16. The number of guanidine groups is 1. The number of carboxylic acid groups (broad SMARTS) is 1. The number of nitrogens with one attached hydrogen (secondary N) is 3. The molecular weight excluding hydrogens is 434 g/mol. The smallest absolute Gasteiger partial charge is 0.304 e. The van der Waals surface area contributed by atoms with Crippen LogP contribution in [0.5, 0.6) is 0 Å². The zero-order valence-electron chi connectivity index (χ0n) is 19.9. The first-order valence-corrected chi connectivity index (χ1v) is 12.3. The minimum absolute atomic E-state index is 0.00956. The molecule has 188 valence electrons. The van der Waals surface area contributed by atoms with Crippen LogP contribution >= 0.6 is 0 Å². The number of aryl methyl sites for hydroxylation is 1. The Morgan fingerprint density at radius 2 is 1.76 bits per heavy atom. The minimum atomic E-state index is -0.968. The average molecular weight is 474 g/mol. The Balaban J connectivity index is 1.72. The number of unbranched alkanes of at least 4 members (excludes halogenated alkanes) is 4. The molecule has 6 N–H and O–H groups in total. The molecule has 0 radical (unpaired) electrons. The lowest BCUT2D eigenvalue weighted by Gasteiger charge is -2.25. The molecule has 0 unspecified atom stereocenters. The molecule has 0 aliphatic carbocycles. The van der Waals surface area contributed by atoms with Crippen LogP contribution in [0.1, 0.15) is 63.4 Å². The summed E-state index contributed by atoms with van der Waals surface area (Å²) < 4.78 is 0. The number of carboxylic acids is 1. The SMILES string of the molecule is N=C(N)NCCCCCCCC(=O)NC[C@@H]1C[C@@H](CC(=O)O)C(=O)N1CCCc1ccccc1. The predicted molar refractivity (Wildman–Crippen MR) is 131 cm³/mol. The van der Waals surface area contributed by atoms with Gasteiger partial charge in [-0.3, -0.25) is 19.8 Å². The molecule has 2 atom stereocenters. The van der Waals surface area contributed by atoms with Crippen molar-refractivity contribution in [3.8, 4) is 0 Å². The first-order valence-electron chi connectivity index (χ1n) is 12.3. The summed E-state index contributed by atoms with van der Waals surface area (Å²) in [7, 11) is 0. The number of hydrogen-bond acceptors (Lipinski definition) is 4. The summed E-state index contributed by atoms with van der Waals surface area (Å²) in [6.45, 7) is 1.62. The van der Waals surface area contributed by atoms with E-state index in [1.807, 2.05) is 18.2 Å². The van der Waals surface area contributed by atoms with Crippen LogP contribution < -0.4 is 16.4 Å². The van der Waals surface area contributed by atoms with Crippen LogP contribution in [-0.2, 0) is 20.8 Å². The molecule has 2 rings (SSSR count). The molecular formula is C25H39N5O4. The summed E-state index contributed by atoms with van der Waals surface area (Å²) in [5.74, 6) is -1.65. The highest BCUT2D eigenvalue weighted by molar-refractivity contribution is 5.85. The van der Waals surface area contributed by atoms with Crippen LogP contribution in [0.2, 0.25) is 0 Å². The standard InChI is InChI=1S/C25H39N5O4/c26-25(27)28-14-8-3-1-2-7-13-22(31)29-18-21-16-20(17-23(32)33)24(34)30(21)15-9-12-19-10-5-4-6-11-19/h4-6,10-11,20-21H,1-3,7-9,12-18H2,(H,29,31)(H,32,33)(H4,26,27,28)/t20-,21-/m0/s1. The second-order valence-corrected chi connectivity index (χ2v) is 8.97. The van der Waals surface area contributed by atoms with Crippen molar-refractivity contribution >= 4 is 23.7 Å². The van der Waals surface area contributed by atoms with Gasteiger partial charge in [-0.15, -0.1) is 0 Å². The van der Waals surface area contributed by atoms with E-state index in [1.165, 1.54) is 5.56 Å². The highest BCUT2D eigenvalue weighted by atomic mass is 16.4. The Labute approximate surface area is 202 Å². The van der Waals surface area contributed by atoms with E-state index in [9.17, 15) is 14.4 Å². The third-order valence-electron chi connectivity index (χ3n) is 6.19. The summed E-state index contributed by atoms with van der Waals surface area (Å²) in [5, 5.41) is 22.0. The summed E-state index contributed by atoms with van der Waals surface area (Å²) in [4.78, 5) is 38.1. The van der Waals surface area contributed by atoms with Gasteiger partial charge in [0.15, 0.2) is 5.96 Å². The van der Waals surface area contributed by atoms with Crippen molar-refractivity contribution in [3.05, 3.63) is 35.9 Å². The normalized spacial score (nSPS) is 17.5. The highest BCUT2D eigenvalue weighted by Crippen LogP contribution is 2.27. The van der Waals surface area contributed by atoms with E-state index >= 15 is 0 Å². The summed E-state index contributed by atoms with van der Waals surface area (Å²) in [6.07, 6.45) is 7.13. The lowest BCUT2D eigenvalue weighted by atomic mass is 10.0. The molecule has 1 heterocycles. The number of likely N-dealkylation sites (tertiary alicyclic amines) is 1. The highest BCUT2D eigenvalue weighted by Gasteiger charge is 2.39. The number of nitrogens with zero attached hydrogens (tertiary/aromatic N) is 1. The van der Waals surface area contributed by atoms with Crippen LogP contribution in [0.25, 0.3) is 0 Å². The van der Waals surface area contributed by atoms with Gasteiger partial charge in [-0.2, -0.15) is 0 Å². The van der Waals surface area contributed by atoms with Crippen LogP contribution in [0.3, 0.4) is 0 Å². The molecule has 1 fully saturated rings. The molecule has 9 nitrogen and oxygen atoms in total. The number of aliphatic carboxylic acids is 1. The maximum Gasteiger partial charge on any atom is 0.304 e. The first kappa shape index (κ1) is 27.1. The Morgan fingerprint density at radius 1 is 1.06 bits per heavy atom. The number of nitrogens with two attached hydrogens (primary N) is 1. The molecule has 1 aliphatic heterocycles. The van der Waals surface area contributed by atoms with Crippen LogP contribution in [0.4, 0.5) is 0 Å². The van der Waals surface area contributed by atoms with Gasteiger partial charge in [0, 0.05) is 32.1 Å². The fourth-order valence-electron chi connectivity index (χ4n) is 4.42. The van der Waals surface area contributed by atoms with Gasteiger partial charge >= 0.3 is 5.97 Å². The maximum absolute atomic E-state index is 12.8. The van der Waals surface area contributed by atoms with E-state index in [1.54, 1.807) is 4.90 Å². The largest absolute Gasteiger partial charge is 0.481 e. The van der Waals surface area contributed by atoms with Crippen molar-refractivity contribution in [2.24, 2.45) is 11.7 Å². The average Bonchev–Trinajstić information content (AvgIpc) is 3.08. The Kier molecular flexibility index (Phi) is 11.9. The second-order valence-electron chi connectivity index (χ2n) is 8.97. The molecule has 1 aromatic rings. The molecule has 0 bridgehead atoms. The van der Waals surface area contributed by atoms with Crippen molar-refractivity contribution in [1.29, 1.82) is 5.41 Å². The lowest BCUT2D eigenvalue weighted by molar-refractivity contribution is -0.142. The van der Waals surface area contributed by atoms with Gasteiger partial charge in [-0.1, -0.05) is 49.6 Å². The van der Waals surface area contributed by atoms with Crippen molar-refractivity contribution < 1.29 is 19.5 Å². The molecule has 9 heteroatoms. The lowest BCUT2D eigenvalue weighted by Crippen LogP contribution is -2.42. The van der Waals surface area contributed by atoms with Crippen LogP contribution in [0.15, 0.2) is 30.3 Å². The van der Waals surface area contributed by atoms with Gasteiger partial charge < -0.3 is 26.4 Å². The van der Waals surface area contributed by atoms with E-state index in [2.05, 4.69) is 22.8 Å². The molecule has 0 saturated carbocycles. The third kappa shape index (κ3) is 10.2. The van der Waals surface area contributed by atoms with E-state index in [0.717, 1.165) is 44.9 Å². The molecule has 0 spiro atoms. The Hall–Kier alpha value is -3.10. The van der Waals surface area contributed by atoms with Crippen molar-refractivity contribution in [1.82, 2.24) is 15.5 Å². The number of carbonyl (C=O) groups is 3. The van der Waals surface area contributed by atoms with Gasteiger partial charge in [0.1, 0.15) is 0 Å². The zero-order valence-corrected chi connectivity index (χ0v) is 19.9. The fraction of sp³-hybridized carbons (Fsp3) is 0.600. The number of benzene rings is 1. The van der Waals surface area contributed by atoms with E-state index in [0.29, 0.717) is 32.5 Å². The predicted octanol–water partition coefficient (Wildman–Crippen LogP) is 2.25. The number of hydrogen-bond donors (Lipinski definition) is 5. The molecule has 1 saturated heterocycles. The molecule has 0 aromatic heterocycles. The van der Waals surface area contributed by atoms with E-state index in [-0.39, 0.29) is 30.2 Å². The van der Waals surface area contributed by atoms with E-state index < -0.39 is 11.9 Å². The number of carbonyl (C=O) groups excluding carboxylic acids is 2. The topological polar surface area (TPSA) is 149 Å². The Bertz CT molecular complexity index is 802. The minimum Gasteiger partial charge on any atom is -0.481 e. The monoisotopic (exact) mass is 473 g/mol. The van der Waals surface area contributed by atoms with E-state index in [4.69, 9.17) is 16.2 Å². The van der Waals surface area contributed by atoms with Gasteiger partial charge in [0.05, 0.1) is 12.3 Å². The van der Waals surface area contributed by atoms with Gasteiger partial charge in [0.2, 0.25) is 11.8 Å². The quantitative estimate of drug-likeness (QED) is 0.141. The Morgan fingerprint density at radius 3 is 2.47 bits per heavy atom. The summed E-state index contributed by atoms with van der Waals surface area (Å²) in [6, 6.07) is 9.90. The van der Waals surface area contributed by atoms with Crippen molar-refractivity contribution in [2.45, 2.75) is 70.3 Å². The van der Waals surface area contributed by atoms with Gasteiger partial charge in [-0.25, -0.2) is 0 Å². The third-order valence-corrected chi connectivity index (χ3v) is 6.19. The summed E-state index contributed by atoms with van der Waals surface area (Å²) >= 11 is 0. The van der Waals surface area contributed by atoms with Crippen molar-refractivity contribution in [3.63, 3.8) is 0 Å². The molecule has 1 aliphatic rings. The van der Waals surface area contributed by atoms with Gasteiger partial charge in [-0.05, 0) is 37.7 Å². The second kappa shape index (κ2) is 14.9. The molecule has 2 amide bonds. The molecule has 34 heavy (non-hydrogen) atoms. The zero-order chi connectivity index (χ0) is 24.8. The fourth-order valence-corrected chi connectivity index (χ4v) is 4.42. The first-order chi connectivity index (χ1) is 16.4.